The molecule has 1 amide bonds. The summed E-state index contributed by atoms with van der Waals surface area (Å²) in [5.74, 6) is -2.94. The molecule has 4 rings (SSSR count). The van der Waals surface area contributed by atoms with Gasteiger partial charge in [-0.25, -0.2) is 9.18 Å². The molecule has 0 radical (unpaired) electrons. The van der Waals surface area contributed by atoms with Crippen LogP contribution >= 0.6 is 0 Å². The first-order valence-corrected chi connectivity index (χ1v) is 10.5. The average Bonchev–Trinajstić information content (AvgIpc) is 3.20. The van der Waals surface area contributed by atoms with E-state index in [1.54, 1.807) is 19.2 Å². The number of aliphatic hydroxyl groups excluding tert-OH is 1. The van der Waals surface area contributed by atoms with Crippen LogP contribution in [0.15, 0.2) is 57.2 Å². The van der Waals surface area contributed by atoms with Crippen molar-refractivity contribution >= 4 is 28.5 Å². The molecule has 3 aromatic rings. The van der Waals surface area contributed by atoms with Crippen LogP contribution in [0.1, 0.15) is 23.6 Å². The van der Waals surface area contributed by atoms with Crippen molar-refractivity contribution in [3.63, 3.8) is 0 Å². The van der Waals surface area contributed by atoms with E-state index in [1.165, 1.54) is 39.8 Å². The highest BCUT2D eigenvalue weighted by atomic mass is 19.1. The van der Waals surface area contributed by atoms with E-state index in [-0.39, 0.29) is 29.0 Å². The van der Waals surface area contributed by atoms with Gasteiger partial charge in [-0.2, -0.15) is 0 Å². The molecule has 0 aliphatic carbocycles. The number of carbonyl (C=O) groups excluding carboxylic acids is 2. The number of benzene rings is 2. The van der Waals surface area contributed by atoms with Crippen molar-refractivity contribution < 1.29 is 23.5 Å². The lowest BCUT2D eigenvalue weighted by Gasteiger charge is -2.26. The van der Waals surface area contributed by atoms with Crippen molar-refractivity contribution in [3.05, 3.63) is 75.5 Å². The standard InChI is InChI=1S/C24H24FN3O5/c1-26(2)11-4-12-28-20(14-5-8-16(25)9-6-14)19(22(30)23(28)31)21(29)15-7-10-17-18(13-15)33-24(32)27(17)3/h5-10,13,20,29H,4,11-12H2,1-3H3/t20-/m1/s1. The molecular formula is C24H24FN3O5. The highest BCUT2D eigenvalue weighted by molar-refractivity contribution is 6.46. The minimum Gasteiger partial charge on any atom is -0.507 e. The maximum absolute atomic E-state index is 13.6. The fraction of sp³-hybridized carbons (Fsp3) is 0.292. The van der Waals surface area contributed by atoms with Crippen LogP contribution in [0.2, 0.25) is 0 Å². The second kappa shape index (κ2) is 8.67. The number of ketones is 1. The second-order valence-corrected chi connectivity index (χ2v) is 8.31. The highest BCUT2D eigenvalue weighted by Gasteiger charge is 2.45. The van der Waals surface area contributed by atoms with Crippen LogP contribution in [0.5, 0.6) is 0 Å². The van der Waals surface area contributed by atoms with Crippen molar-refractivity contribution in [1.29, 1.82) is 0 Å². The normalized spacial score (nSPS) is 18.1. The lowest BCUT2D eigenvalue weighted by Crippen LogP contribution is -2.32. The molecule has 1 fully saturated rings. The maximum atomic E-state index is 13.6. The first kappa shape index (κ1) is 22.5. The van der Waals surface area contributed by atoms with Crippen LogP contribution in [0.3, 0.4) is 0 Å². The summed E-state index contributed by atoms with van der Waals surface area (Å²) in [6.07, 6.45) is 0.610. The van der Waals surface area contributed by atoms with Gasteiger partial charge in [0.25, 0.3) is 11.7 Å². The molecule has 1 saturated heterocycles. The zero-order valence-corrected chi connectivity index (χ0v) is 18.5. The van der Waals surface area contributed by atoms with Crippen LogP contribution < -0.4 is 5.76 Å². The summed E-state index contributed by atoms with van der Waals surface area (Å²) < 4.78 is 20.1. The fourth-order valence-corrected chi connectivity index (χ4v) is 4.10. The largest absolute Gasteiger partial charge is 0.507 e. The van der Waals surface area contributed by atoms with Crippen molar-refractivity contribution in [1.82, 2.24) is 14.4 Å². The third-order valence-electron chi connectivity index (χ3n) is 5.80. The number of amides is 1. The van der Waals surface area contributed by atoms with Gasteiger partial charge in [0.2, 0.25) is 0 Å². The molecule has 172 valence electrons. The molecule has 1 aliphatic heterocycles. The predicted octanol–water partition coefficient (Wildman–Crippen LogP) is 2.64. The Hall–Kier alpha value is -3.72. The van der Waals surface area contributed by atoms with Crippen molar-refractivity contribution in [2.45, 2.75) is 12.5 Å². The third-order valence-corrected chi connectivity index (χ3v) is 5.80. The molecule has 9 heteroatoms. The van der Waals surface area contributed by atoms with Crippen LogP contribution in [-0.4, -0.2) is 58.3 Å². The molecule has 1 N–H and O–H groups in total. The first-order chi connectivity index (χ1) is 15.7. The number of aromatic nitrogens is 1. The van der Waals surface area contributed by atoms with Gasteiger partial charge in [0.05, 0.1) is 17.1 Å². The SMILES string of the molecule is CN(C)CCCN1C(=O)C(=O)C(=C(O)c2ccc3c(c2)oc(=O)n3C)[C@H]1c1ccc(F)cc1. The molecule has 2 aromatic carbocycles. The third kappa shape index (κ3) is 4.07. The van der Waals surface area contributed by atoms with Gasteiger partial charge in [-0.3, -0.25) is 14.2 Å². The molecular weight excluding hydrogens is 429 g/mol. The molecule has 0 bridgehead atoms. The number of fused-ring (bicyclic) bond motifs is 1. The van der Waals surface area contributed by atoms with Gasteiger partial charge in [0.15, 0.2) is 5.58 Å². The Morgan fingerprint density at radius 1 is 1.12 bits per heavy atom. The Morgan fingerprint density at radius 2 is 1.82 bits per heavy atom. The Kier molecular flexibility index (Phi) is 5.90. The van der Waals surface area contributed by atoms with Gasteiger partial charge in [-0.05, 0) is 63.0 Å². The summed E-state index contributed by atoms with van der Waals surface area (Å²) in [4.78, 5) is 41.1. The Labute approximate surface area is 189 Å². The summed E-state index contributed by atoms with van der Waals surface area (Å²) in [7, 11) is 5.37. The number of Topliss-reactive ketones (excluding diaryl/α,β-unsaturated/α-hetero) is 1. The number of nitrogens with zero attached hydrogens (tertiary/aromatic N) is 3. The number of halogens is 1. The zero-order chi connectivity index (χ0) is 23.9. The predicted molar refractivity (Wildman–Crippen MR) is 120 cm³/mol. The molecule has 0 spiro atoms. The van der Waals surface area contributed by atoms with E-state index < -0.39 is 29.3 Å². The summed E-state index contributed by atoms with van der Waals surface area (Å²) in [6.45, 7) is 0.983. The van der Waals surface area contributed by atoms with Crippen molar-refractivity contribution in [3.8, 4) is 0 Å². The Morgan fingerprint density at radius 3 is 2.48 bits per heavy atom. The Balaban J connectivity index is 1.83. The number of hydrogen-bond donors (Lipinski definition) is 1. The quantitative estimate of drug-likeness (QED) is 0.350. The topological polar surface area (TPSA) is 96.0 Å². The molecule has 1 atom stereocenters. The average molecular weight is 453 g/mol. The van der Waals surface area contributed by atoms with E-state index in [0.717, 1.165) is 0 Å². The van der Waals surface area contributed by atoms with Gasteiger partial charge < -0.3 is 19.3 Å². The van der Waals surface area contributed by atoms with Crippen molar-refractivity contribution in [2.24, 2.45) is 7.05 Å². The lowest BCUT2D eigenvalue weighted by molar-refractivity contribution is -0.139. The lowest BCUT2D eigenvalue weighted by atomic mass is 9.95. The molecule has 33 heavy (non-hydrogen) atoms. The van der Waals surface area contributed by atoms with Crippen LogP contribution in [0.25, 0.3) is 16.9 Å². The van der Waals surface area contributed by atoms with Gasteiger partial charge >= 0.3 is 5.76 Å². The smallest absolute Gasteiger partial charge is 0.419 e. The summed E-state index contributed by atoms with van der Waals surface area (Å²) in [5.41, 5.74) is 1.42. The van der Waals surface area contributed by atoms with Gasteiger partial charge in [-0.1, -0.05) is 12.1 Å². The second-order valence-electron chi connectivity index (χ2n) is 8.31. The number of oxazole rings is 1. The molecule has 1 aliphatic rings. The number of hydrogen-bond acceptors (Lipinski definition) is 6. The number of aliphatic hydroxyl groups is 1. The summed E-state index contributed by atoms with van der Waals surface area (Å²) >= 11 is 0. The van der Waals surface area contributed by atoms with E-state index >= 15 is 0 Å². The van der Waals surface area contributed by atoms with Crippen LogP contribution in [0.4, 0.5) is 4.39 Å². The minimum absolute atomic E-state index is 0.0888. The van der Waals surface area contributed by atoms with E-state index in [0.29, 0.717) is 24.0 Å². The monoisotopic (exact) mass is 453 g/mol. The molecule has 2 heterocycles. The summed E-state index contributed by atoms with van der Waals surface area (Å²) in [5, 5.41) is 11.1. The van der Waals surface area contributed by atoms with Crippen LogP contribution in [-0.2, 0) is 16.6 Å². The van der Waals surface area contributed by atoms with E-state index in [1.807, 2.05) is 19.0 Å². The highest BCUT2D eigenvalue weighted by Crippen LogP contribution is 2.39. The molecule has 0 unspecified atom stereocenters. The van der Waals surface area contributed by atoms with Crippen LogP contribution in [0, 0.1) is 5.82 Å². The Bertz CT molecular complexity index is 1320. The van der Waals surface area contributed by atoms with Gasteiger partial charge in [0.1, 0.15) is 11.6 Å². The minimum atomic E-state index is -0.869. The molecule has 8 nitrogen and oxygen atoms in total. The van der Waals surface area contributed by atoms with Gasteiger partial charge in [0, 0.05) is 19.2 Å². The maximum Gasteiger partial charge on any atom is 0.419 e. The van der Waals surface area contributed by atoms with E-state index in [4.69, 9.17) is 4.42 Å². The van der Waals surface area contributed by atoms with Gasteiger partial charge in [-0.15, -0.1) is 0 Å². The molecule has 0 saturated carbocycles. The van der Waals surface area contributed by atoms with E-state index in [9.17, 15) is 23.9 Å². The molecule has 1 aromatic heterocycles. The van der Waals surface area contributed by atoms with E-state index in [2.05, 4.69) is 0 Å². The zero-order valence-electron chi connectivity index (χ0n) is 18.5. The number of rotatable bonds is 6. The first-order valence-electron chi connectivity index (χ1n) is 10.5. The number of likely N-dealkylation sites (tertiary alicyclic amines) is 1. The number of carbonyl (C=O) groups is 2. The summed E-state index contributed by atoms with van der Waals surface area (Å²) in [6, 6.07) is 9.22. The number of aryl methyl sites for hydroxylation is 1. The fourth-order valence-electron chi connectivity index (χ4n) is 4.10. The van der Waals surface area contributed by atoms with Crippen molar-refractivity contribution in [2.75, 3.05) is 27.2 Å².